The van der Waals surface area contributed by atoms with Gasteiger partial charge in [-0.05, 0) is 12.1 Å². The van der Waals surface area contributed by atoms with Crippen LogP contribution in [0.3, 0.4) is 0 Å². The predicted molar refractivity (Wildman–Crippen MR) is 47.7 cm³/mol. The lowest BCUT2D eigenvalue weighted by Gasteiger charge is -1.86. The number of nitrogens with one attached hydrogen (secondary N) is 2. The minimum atomic E-state index is 0.617. The third-order valence-electron chi connectivity index (χ3n) is 1.70. The van der Waals surface area contributed by atoms with Crippen LogP contribution in [0.5, 0.6) is 0 Å². The van der Waals surface area contributed by atoms with E-state index in [1.165, 1.54) is 0 Å². The second-order valence-corrected chi connectivity index (χ2v) is 2.47. The Labute approximate surface area is 68.5 Å². The number of hydrogen-bond donors (Lipinski definition) is 2. The number of fused-ring (bicyclic) bond motifs is 1. The van der Waals surface area contributed by atoms with Gasteiger partial charge in [-0.15, -0.1) is 4.91 Å². The summed E-state index contributed by atoms with van der Waals surface area (Å²) in [7, 11) is 0. The van der Waals surface area contributed by atoms with Gasteiger partial charge in [0.05, 0.1) is 5.29 Å². The summed E-state index contributed by atoms with van der Waals surface area (Å²) in [5, 5.41) is 3.63. The lowest BCUT2D eigenvalue weighted by molar-refractivity contribution is 1.26. The first-order valence-corrected chi connectivity index (χ1v) is 3.56. The van der Waals surface area contributed by atoms with Crippen molar-refractivity contribution in [2.75, 3.05) is 5.43 Å². The van der Waals surface area contributed by atoms with E-state index in [0.717, 1.165) is 10.9 Å². The number of rotatable bonds is 2. The second-order valence-electron chi connectivity index (χ2n) is 2.47. The van der Waals surface area contributed by atoms with Crippen molar-refractivity contribution in [1.82, 2.24) is 4.98 Å². The van der Waals surface area contributed by atoms with Crippen LogP contribution in [-0.2, 0) is 0 Å². The van der Waals surface area contributed by atoms with Crippen LogP contribution in [0.4, 0.5) is 5.82 Å². The topological polar surface area (TPSA) is 57.2 Å². The quantitative estimate of drug-likeness (QED) is 0.524. The molecule has 12 heavy (non-hydrogen) atoms. The van der Waals surface area contributed by atoms with E-state index in [1.54, 1.807) is 0 Å². The van der Waals surface area contributed by atoms with Gasteiger partial charge >= 0.3 is 0 Å². The summed E-state index contributed by atoms with van der Waals surface area (Å²) in [5.41, 5.74) is 3.30. The first-order chi connectivity index (χ1) is 5.90. The number of aromatic nitrogens is 1. The largest absolute Gasteiger partial charge is 0.340 e. The van der Waals surface area contributed by atoms with Gasteiger partial charge in [0.1, 0.15) is 5.82 Å². The van der Waals surface area contributed by atoms with Crippen molar-refractivity contribution in [3.63, 3.8) is 0 Å². The van der Waals surface area contributed by atoms with Crippen LogP contribution in [-0.4, -0.2) is 4.98 Å². The van der Waals surface area contributed by atoms with Crippen molar-refractivity contribution >= 4 is 16.7 Å². The van der Waals surface area contributed by atoms with E-state index in [2.05, 4.69) is 15.7 Å². The van der Waals surface area contributed by atoms with Crippen molar-refractivity contribution in [1.29, 1.82) is 0 Å². The van der Waals surface area contributed by atoms with Crippen molar-refractivity contribution in [2.24, 2.45) is 5.29 Å². The molecule has 4 nitrogen and oxygen atoms in total. The first kappa shape index (κ1) is 6.84. The number of nitroso groups, excluding NO2 is 1. The Kier molecular flexibility index (Phi) is 1.51. The third-order valence-corrected chi connectivity index (χ3v) is 1.70. The monoisotopic (exact) mass is 161 g/mol. The fraction of sp³-hybridized carbons (Fsp3) is 0. The van der Waals surface area contributed by atoms with Gasteiger partial charge in [0.2, 0.25) is 0 Å². The molecule has 2 rings (SSSR count). The van der Waals surface area contributed by atoms with Gasteiger partial charge < -0.3 is 4.98 Å². The van der Waals surface area contributed by atoms with Crippen molar-refractivity contribution in [3.8, 4) is 0 Å². The van der Waals surface area contributed by atoms with Gasteiger partial charge in [-0.1, -0.05) is 18.2 Å². The molecule has 0 saturated heterocycles. The normalized spacial score (nSPS) is 10.0. The average molecular weight is 161 g/mol. The maximum absolute atomic E-state index is 9.87. The molecule has 0 aliphatic rings. The highest BCUT2D eigenvalue weighted by Gasteiger charge is 1.97. The fourth-order valence-electron chi connectivity index (χ4n) is 1.18. The molecule has 60 valence electrons. The molecular formula is C8H7N3O. The molecule has 4 heteroatoms. The van der Waals surface area contributed by atoms with E-state index in [4.69, 9.17) is 0 Å². The number of aromatic amines is 1. The first-order valence-electron chi connectivity index (χ1n) is 3.56. The Morgan fingerprint density at radius 3 is 2.92 bits per heavy atom. The van der Waals surface area contributed by atoms with Gasteiger partial charge in [-0.25, -0.2) is 5.43 Å². The number of benzene rings is 1. The highest BCUT2D eigenvalue weighted by molar-refractivity contribution is 5.83. The number of anilines is 1. The molecule has 0 atom stereocenters. The zero-order chi connectivity index (χ0) is 8.39. The van der Waals surface area contributed by atoms with Crippen LogP contribution in [0.2, 0.25) is 0 Å². The van der Waals surface area contributed by atoms with Crippen LogP contribution in [0.25, 0.3) is 10.9 Å². The predicted octanol–water partition coefficient (Wildman–Crippen LogP) is 2.26. The lowest BCUT2D eigenvalue weighted by atomic mass is 10.2. The summed E-state index contributed by atoms with van der Waals surface area (Å²) in [6, 6.07) is 9.59. The van der Waals surface area contributed by atoms with Crippen molar-refractivity contribution in [2.45, 2.75) is 0 Å². The van der Waals surface area contributed by atoms with E-state index in [1.807, 2.05) is 30.3 Å². The molecule has 0 aliphatic carbocycles. The molecule has 1 aromatic carbocycles. The van der Waals surface area contributed by atoms with Crippen molar-refractivity contribution < 1.29 is 0 Å². The molecule has 0 radical (unpaired) electrons. The Bertz CT molecular complexity index is 374. The molecule has 0 amide bonds. The van der Waals surface area contributed by atoms with E-state index in [9.17, 15) is 4.91 Å². The highest BCUT2D eigenvalue weighted by Crippen LogP contribution is 2.17. The molecule has 0 unspecified atom stereocenters. The van der Waals surface area contributed by atoms with Crippen LogP contribution in [0.1, 0.15) is 0 Å². The highest BCUT2D eigenvalue weighted by atomic mass is 16.3. The Morgan fingerprint density at radius 2 is 2.17 bits per heavy atom. The average Bonchev–Trinajstić information content (AvgIpc) is 2.47. The van der Waals surface area contributed by atoms with Crippen LogP contribution >= 0.6 is 0 Å². The van der Waals surface area contributed by atoms with Gasteiger partial charge in [-0.3, -0.25) is 0 Å². The van der Waals surface area contributed by atoms with E-state index < -0.39 is 0 Å². The van der Waals surface area contributed by atoms with Crippen molar-refractivity contribution in [3.05, 3.63) is 35.2 Å². The molecule has 1 aromatic heterocycles. The van der Waals surface area contributed by atoms with E-state index >= 15 is 0 Å². The second kappa shape index (κ2) is 2.65. The van der Waals surface area contributed by atoms with Gasteiger partial charge in [0.15, 0.2) is 0 Å². The van der Waals surface area contributed by atoms with E-state index in [-0.39, 0.29) is 0 Å². The molecule has 0 fully saturated rings. The zero-order valence-corrected chi connectivity index (χ0v) is 6.24. The summed E-state index contributed by atoms with van der Waals surface area (Å²) in [4.78, 5) is 12.9. The Morgan fingerprint density at radius 1 is 1.33 bits per heavy atom. The van der Waals surface area contributed by atoms with Gasteiger partial charge in [0.25, 0.3) is 0 Å². The van der Waals surface area contributed by atoms with Gasteiger partial charge in [-0.2, -0.15) is 0 Å². The Hall–Kier alpha value is -1.84. The maximum Gasteiger partial charge on any atom is 0.127 e. The summed E-state index contributed by atoms with van der Waals surface area (Å²) < 4.78 is 0. The standard InChI is InChI=1S/C8H7N3O/c12-11-10-8-5-6-3-1-2-4-7(6)9-8/h1-5,9H,(H,10,12). The summed E-state index contributed by atoms with van der Waals surface area (Å²) in [6.45, 7) is 0. The number of nitrogens with zero attached hydrogens (tertiary/aromatic N) is 1. The fourth-order valence-corrected chi connectivity index (χ4v) is 1.18. The molecule has 0 spiro atoms. The smallest absolute Gasteiger partial charge is 0.127 e. The molecule has 2 N–H and O–H groups in total. The van der Waals surface area contributed by atoms with E-state index in [0.29, 0.717) is 5.82 Å². The Balaban J connectivity index is 2.54. The minimum absolute atomic E-state index is 0.617. The minimum Gasteiger partial charge on any atom is -0.340 e. The number of H-pyrrole nitrogens is 1. The SMILES string of the molecule is O=NNc1cc2ccccc2[nH]1. The molecule has 0 aliphatic heterocycles. The molecular weight excluding hydrogens is 154 g/mol. The molecule has 0 bridgehead atoms. The molecule has 2 aromatic rings. The van der Waals surface area contributed by atoms with Crippen LogP contribution in [0.15, 0.2) is 35.6 Å². The lowest BCUT2D eigenvalue weighted by Crippen LogP contribution is -1.83. The van der Waals surface area contributed by atoms with Crippen LogP contribution < -0.4 is 5.43 Å². The zero-order valence-electron chi connectivity index (χ0n) is 6.24. The summed E-state index contributed by atoms with van der Waals surface area (Å²) in [5.74, 6) is 0.617. The number of para-hydroxylation sites is 1. The maximum atomic E-state index is 9.87. The number of hydrogen-bond acceptors (Lipinski definition) is 2. The summed E-state index contributed by atoms with van der Waals surface area (Å²) in [6.07, 6.45) is 0. The molecule has 1 heterocycles. The van der Waals surface area contributed by atoms with Crippen LogP contribution in [0, 0.1) is 4.91 Å². The third kappa shape index (κ3) is 1.03. The molecule has 0 saturated carbocycles. The summed E-state index contributed by atoms with van der Waals surface area (Å²) >= 11 is 0. The van der Waals surface area contributed by atoms with Gasteiger partial charge in [0, 0.05) is 10.9 Å².